The van der Waals surface area contributed by atoms with Crippen molar-refractivity contribution in [2.24, 2.45) is 0 Å². The Bertz CT molecular complexity index is 385. The van der Waals surface area contributed by atoms with Gasteiger partial charge in [0, 0.05) is 5.56 Å². The summed E-state index contributed by atoms with van der Waals surface area (Å²) in [6.45, 7) is 12.2. The van der Waals surface area contributed by atoms with E-state index in [-0.39, 0.29) is 12.2 Å². The quantitative estimate of drug-likeness (QED) is 0.697. The fourth-order valence-corrected chi connectivity index (χ4v) is 1.48. The minimum absolute atomic E-state index is 0.213. The lowest BCUT2D eigenvalue weighted by atomic mass is 10.1. The van der Waals surface area contributed by atoms with Crippen molar-refractivity contribution in [2.45, 2.75) is 52.7 Å². The molecule has 2 atom stereocenters. The standard InChI is InChI=1S/C16H24O2/c1-6-12(4)17-15-9-10-16(14(8-3)11-15)18-13(5)7-2/h8-13H,3,6-7H2,1-2,4-5H3. The number of benzene rings is 1. The third kappa shape index (κ3) is 4.10. The zero-order valence-electron chi connectivity index (χ0n) is 11.9. The second-order valence-corrected chi connectivity index (χ2v) is 4.58. The van der Waals surface area contributed by atoms with Crippen LogP contribution < -0.4 is 9.47 Å². The van der Waals surface area contributed by atoms with Crippen LogP contribution in [0.15, 0.2) is 24.8 Å². The Labute approximate surface area is 111 Å². The Morgan fingerprint density at radius 1 is 1.11 bits per heavy atom. The molecule has 0 aromatic heterocycles. The van der Waals surface area contributed by atoms with Crippen LogP contribution in [0.25, 0.3) is 6.08 Å². The maximum atomic E-state index is 5.85. The van der Waals surface area contributed by atoms with Crippen LogP contribution in [-0.4, -0.2) is 12.2 Å². The van der Waals surface area contributed by atoms with Gasteiger partial charge in [-0.05, 0) is 44.9 Å². The van der Waals surface area contributed by atoms with Crippen molar-refractivity contribution in [3.8, 4) is 11.5 Å². The van der Waals surface area contributed by atoms with E-state index < -0.39 is 0 Å². The van der Waals surface area contributed by atoms with Gasteiger partial charge in [0.25, 0.3) is 0 Å². The number of rotatable bonds is 7. The van der Waals surface area contributed by atoms with Gasteiger partial charge in [0.1, 0.15) is 11.5 Å². The third-order valence-corrected chi connectivity index (χ3v) is 3.02. The van der Waals surface area contributed by atoms with Gasteiger partial charge in [0.15, 0.2) is 0 Å². The maximum absolute atomic E-state index is 5.85. The molecule has 0 fully saturated rings. The van der Waals surface area contributed by atoms with E-state index in [0.29, 0.717) is 0 Å². The lowest BCUT2D eigenvalue weighted by Crippen LogP contribution is -2.12. The molecule has 0 saturated carbocycles. The van der Waals surface area contributed by atoms with Crippen molar-refractivity contribution in [1.82, 2.24) is 0 Å². The summed E-state index contributed by atoms with van der Waals surface area (Å²) >= 11 is 0. The Kier molecular flexibility index (Phi) is 5.76. The SMILES string of the molecule is C=Cc1cc(OC(C)CC)ccc1OC(C)CC. The zero-order valence-corrected chi connectivity index (χ0v) is 11.9. The van der Waals surface area contributed by atoms with Crippen LogP contribution in [0.5, 0.6) is 11.5 Å². The number of hydrogen-bond acceptors (Lipinski definition) is 2. The summed E-state index contributed by atoms with van der Waals surface area (Å²) in [5, 5.41) is 0. The van der Waals surface area contributed by atoms with Crippen molar-refractivity contribution >= 4 is 6.08 Å². The number of hydrogen-bond donors (Lipinski definition) is 0. The summed E-state index contributed by atoms with van der Waals surface area (Å²) in [5.41, 5.74) is 0.983. The van der Waals surface area contributed by atoms with Crippen LogP contribution in [0, 0.1) is 0 Å². The molecule has 0 spiro atoms. The van der Waals surface area contributed by atoms with Gasteiger partial charge in [-0.25, -0.2) is 0 Å². The van der Waals surface area contributed by atoms with Gasteiger partial charge < -0.3 is 9.47 Å². The van der Waals surface area contributed by atoms with E-state index in [0.717, 1.165) is 29.9 Å². The summed E-state index contributed by atoms with van der Waals surface area (Å²) in [4.78, 5) is 0. The summed E-state index contributed by atoms with van der Waals surface area (Å²) < 4.78 is 11.6. The second-order valence-electron chi connectivity index (χ2n) is 4.58. The van der Waals surface area contributed by atoms with Crippen molar-refractivity contribution in [3.05, 3.63) is 30.3 Å². The van der Waals surface area contributed by atoms with E-state index in [2.05, 4.69) is 34.3 Å². The van der Waals surface area contributed by atoms with Crippen LogP contribution >= 0.6 is 0 Å². The van der Waals surface area contributed by atoms with Gasteiger partial charge in [0.05, 0.1) is 12.2 Å². The minimum atomic E-state index is 0.213. The van der Waals surface area contributed by atoms with Crippen LogP contribution in [0.2, 0.25) is 0 Å². The molecule has 18 heavy (non-hydrogen) atoms. The number of ether oxygens (including phenoxy) is 2. The highest BCUT2D eigenvalue weighted by molar-refractivity contribution is 5.58. The highest BCUT2D eigenvalue weighted by Gasteiger charge is 2.08. The molecular weight excluding hydrogens is 224 g/mol. The molecule has 0 saturated heterocycles. The summed E-state index contributed by atoms with van der Waals surface area (Å²) in [5.74, 6) is 1.74. The first-order valence-corrected chi connectivity index (χ1v) is 6.70. The second kappa shape index (κ2) is 7.10. The van der Waals surface area contributed by atoms with Crippen molar-refractivity contribution in [3.63, 3.8) is 0 Å². The highest BCUT2D eigenvalue weighted by atomic mass is 16.5. The molecule has 0 N–H and O–H groups in total. The molecule has 2 unspecified atom stereocenters. The van der Waals surface area contributed by atoms with Gasteiger partial charge in [-0.15, -0.1) is 0 Å². The van der Waals surface area contributed by atoms with Gasteiger partial charge in [-0.3, -0.25) is 0 Å². The molecule has 1 rings (SSSR count). The summed E-state index contributed by atoms with van der Waals surface area (Å²) in [6.07, 6.45) is 4.23. The van der Waals surface area contributed by atoms with Crippen molar-refractivity contribution < 1.29 is 9.47 Å². The van der Waals surface area contributed by atoms with E-state index in [4.69, 9.17) is 9.47 Å². The first-order valence-electron chi connectivity index (χ1n) is 6.70. The maximum Gasteiger partial charge on any atom is 0.127 e. The van der Waals surface area contributed by atoms with Crippen molar-refractivity contribution in [2.75, 3.05) is 0 Å². The molecule has 0 aliphatic rings. The molecule has 0 amide bonds. The minimum Gasteiger partial charge on any atom is -0.491 e. The van der Waals surface area contributed by atoms with Gasteiger partial charge >= 0.3 is 0 Å². The normalized spacial score (nSPS) is 13.8. The van der Waals surface area contributed by atoms with E-state index in [1.54, 1.807) is 6.08 Å². The van der Waals surface area contributed by atoms with E-state index in [1.807, 2.05) is 18.2 Å². The molecule has 0 aliphatic heterocycles. The highest BCUT2D eigenvalue weighted by Crippen LogP contribution is 2.27. The fourth-order valence-electron chi connectivity index (χ4n) is 1.48. The van der Waals surface area contributed by atoms with E-state index >= 15 is 0 Å². The van der Waals surface area contributed by atoms with Crippen LogP contribution in [0.4, 0.5) is 0 Å². The molecule has 1 aromatic carbocycles. The lowest BCUT2D eigenvalue weighted by molar-refractivity contribution is 0.210. The largest absolute Gasteiger partial charge is 0.491 e. The van der Waals surface area contributed by atoms with Crippen molar-refractivity contribution in [1.29, 1.82) is 0 Å². The van der Waals surface area contributed by atoms with Crippen LogP contribution in [0.1, 0.15) is 46.1 Å². The predicted octanol–water partition coefficient (Wildman–Crippen LogP) is 4.68. The molecular formula is C16H24O2. The monoisotopic (exact) mass is 248 g/mol. The molecule has 1 aromatic rings. The first kappa shape index (κ1) is 14.6. The average Bonchev–Trinajstić information content (AvgIpc) is 2.39. The Balaban J connectivity index is 2.86. The molecule has 0 heterocycles. The molecule has 0 radical (unpaired) electrons. The van der Waals surface area contributed by atoms with Crippen LogP contribution in [-0.2, 0) is 0 Å². The molecule has 0 bridgehead atoms. The van der Waals surface area contributed by atoms with Gasteiger partial charge in [-0.1, -0.05) is 26.5 Å². The Morgan fingerprint density at radius 3 is 2.28 bits per heavy atom. The third-order valence-electron chi connectivity index (χ3n) is 3.02. The average molecular weight is 248 g/mol. The fraction of sp³-hybridized carbons (Fsp3) is 0.500. The molecule has 2 heteroatoms. The van der Waals surface area contributed by atoms with E-state index in [9.17, 15) is 0 Å². The first-order chi connectivity index (χ1) is 8.60. The van der Waals surface area contributed by atoms with E-state index in [1.165, 1.54) is 0 Å². The van der Waals surface area contributed by atoms with Gasteiger partial charge in [-0.2, -0.15) is 0 Å². The zero-order chi connectivity index (χ0) is 13.5. The van der Waals surface area contributed by atoms with Gasteiger partial charge in [0.2, 0.25) is 0 Å². The molecule has 2 nitrogen and oxygen atoms in total. The lowest BCUT2D eigenvalue weighted by Gasteiger charge is -2.17. The Hall–Kier alpha value is -1.44. The molecule has 0 aliphatic carbocycles. The summed E-state index contributed by atoms with van der Waals surface area (Å²) in [6, 6.07) is 5.90. The smallest absolute Gasteiger partial charge is 0.127 e. The Morgan fingerprint density at radius 2 is 1.72 bits per heavy atom. The topological polar surface area (TPSA) is 18.5 Å². The van der Waals surface area contributed by atoms with Crippen LogP contribution in [0.3, 0.4) is 0 Å². The molecule has 100 valence electrons. The summed E-state index contributed by atoms with van der Waals surface area (Å²) in [7, 11) is 0. The predicted molar refractivity (Wildman–Crippen MR) is 77.3 cm³/mol.